The van der Waals surface area contributed by atoms with E-state index in [0.29, 0.717) is 6.54 Å². The second-order valence-electron chi connectivity index (χ2n) is 4.99. The molecule has 0 atom stereocenters. The fourth-order valence-corrected chi connectivity index (χ4v) is 1.88. The zero-order chi connectivity index (χ0) is 15.3. The van der Waals surface area contributed by atoms with Gasteiger partial charge >= 0.3 is 0 Å². The monoisotopic (exact) mass is 287 g/mol. The molecule has 1 aromatic rings. The summed E-state index contributed by atoms with van der Waals surface area (Å²) < 4.78 is 0. The number of phenols is 1. The van der Waals surface area contributed by atoms with Crippen molar-refractivity contribution in [1.82, 2.24) is 5.32 Å². The number of benzene rings is 1. The number of rotatable bonds is 9. The van der Waals surface area contributed by atoms with Gasteiger partial charge in [0.1, 0.15) is 5.75 Å². The van der Waals surface area contributed by atoms with E-state index in [1.165, 1.54) is 19.3 Å². The van der Waals surface area contributed by atoms with Crippen LogP contribution in [0.5, 0.6) is 5.75 Å². The highest BCUT2D eigenvalue weighted by Gasteiger charge is 1.96. The van der Waals surface area contributed by atoms with E-state index in [9.17, 15) is 9.90 Å². The summed E-state index contributed by atoms with van der Waals surface area (Å²) in [6.45, 7) is 2.78. The quantitative estimate of drug-likeness (QED) is 0.413. The molecule has 1 amide bonds. The normalized spacial score (nSPS) is 11.3. The maximum Gasteiger partial charge on any atom is 0.243 e. The number of aromatic hydroxyl groups is 1. The highest BCUT2D eigenvalue weighted by Crippen LogP contribution is 2.09. The molecule has 0 aliphatic carbocycles. The van der Waals surface area contributed by atoms with Crippen molar-refractivity contribution in [2.45, 2.75) is 39.0 Å². The van der Waals surface area contributed by atoms with Gasteiger partial charge in [0.2, 0.25) is 5.91 Å². The van der Waals surface area contributed by atoms with Crippen molar-refractivity contribution in [1.29, 1.82) is 0 Å². The Kier molecular flexibility index (Phi) is 8.69. The number of carbonyl (C=O) groups excluding carboxylic acids is 1. The summed E-state index contributed by atoms with van der Waals surface area (Å²) >= 11 is 0. The van der Waals surface area contributed by atoms with Crippen molar-refractivity contribution in [3.05, 3.63) is 54.1 Å². The average molecular weight is 287 g/mol. The van der Waals surface area contributed by atoms with Crippen LogP contribution in [0.2, 0.25) is 0 Å². The van der Waals surface area contributed by atoms with Crippen molar-refractivity contribution >= 4 is 5.91 Å². The second kappa shape index (κ2) is 10.7. The summed E-state index contributed by atoms with van der Waals surface area (Å²) in [5.41, 5.74) is 1.09. The van der Waals surface area contributed by atoms with Crippen molar-refractivity contribution < 1.29 is 9.90 Å². The first-order valence-electron chi connectivity index (χ1n) is 7.61. The van der Waals surface area contributed by atoms with E-state index in [-0.39, 0.29) is 11.7 Å². The highest BCUT2D eigenvalue weighted by atomic mass is 16.3. The lowest BCUT2D eigenvalue weighted by Gasteiger charge is -2.02. The summed E-state index contributed by atoms with van der Waals surface area (Å²) in [6, 6.07) is 7.02. The lowest BCUT2D eigenvalue weighted by molar-refractivity contribution is -0.116. The van der Waals surface area contributed by atoms with Gasteiger partial charge in [0.25, 0.3) is 0 Å². The lowest BCUT2D eigenvalue weighted by atomic mass is 10.1. The molecule has 21 heavy (non-hydrogen) atoms. The van der Waals surface area contributed by atoms with Gasteiger partial charge in [0.15, 0.2) is 0 Å². The van der Waals surface area contributed by atoms with Crippen molar-refractivity contribution in [2.75, 3.05) is 6.54 Å². The zero-order valence-corrected chi connectivity index (χ0v) is 12.7. The molecule has 1 aromatic carbocycles. The van der Waals surface area contributed by atoms with Gasteiger partial charge in [-0.15, -0.1) is 0 Å². The van der Waals surface area contributed by atoms with E-state index in [1.54, 1.807) is 24.3 Å². The van der Waals surface area contributed by atoms with Crippen molar-refractivity contribution in [2.24, 2.45) is 0 Å². The molecule has 3 heteroatoms. The molecule has 0 bridgehead atoms. The van der Waals surface area contributed by atoms with Crippen LogP contribution in [0.4, 0.5) is 0 Å². The number of phenolic OH excluding ortho intramolecular Hbond substituents is 1. The molecular formula is C18H25NO2. The molecule has 3 nitrogen and oxygen atoms in total. The number of hydrogen-bond donors (Lipinski definition) is 2. The summed E-state index contributed by atoms with van der Waals surface area (Å²) in [6.07, 6.45) is 12.9. The Morgan fingerprint density at radius 3 is 2.67 bits per heavy atom. The van der Waals surface area contributed by atoms with E-state index in [2.05, 4.69) is 18.3 Å². The van der Waals surface area contributed by atoms with Gasteiger partial charge in [0.05, 0.1) is 0 Å². The molecule has 0 aromatic heterocycles. The first-order chi connectivity index (χ1) is 10.2. The topological polar surface area (TPSA) is 49.3 Å². The third-order valence-electron chi connectivity index (χ3n) is 3.12. The maximum atomic E-state index is 11.6. The number of unbranched alkanes of at least 4 members (excludes halogenated alkanes) is 3. The zero-order valence-electron chi connectivity index (χ0n) is 12.7. The minimum atomic E-state index is -0.0769. The van der Waals surface area contributed by atoms with Crippen molar-refractivity contribution in [3.63, 3.8) is 0 Å². The molecule has 0 fully saturated rings. The fourth-order valence-electron chi connectivity index (χ4n) is 1.88. The minimum Gasteiger partial charge on any atom is -0.508 e. The third-order valence-corrected chi connectivity index (χ3v) is 3.12. The molecule has 0 unspecified atom stereocenters. The number of amides is 1. The third kappa shape index (κ3) is 8.69. The maximum absolute atomic E-state index is 11.6. The summed E-state index contributed by atoms with van der Waals surface area (Å²) in [7, 11) is 0. The lowest BCUT2D eigenvalue weighted by Crippen LogP contribution is -2.23. The Morgan fingerprint density at radius 1 is 1.19 bits per heavy atom. The number of hydrogen-bond acceptors (Lipinski definition) is 2. The first-order valence-corrected chi connectivity index (χ1v) is 7.61. The molecule has 0 saturated carbocycles. The van der Waals surface area contributed by atoms with Gasteiger partial charge in [-0.05, 0) is 37.0 Å². The largest absolute Gasteiger partial charge is 0.508 e. The Morgan fingerprint density at radius 2 is 1.95 bits per heavy atom. The van der Waals surface area contributed by atoms with Crippen molar-refractivity contribution in [3.8, 4) is 5.75 Å². The van der Waals surface area contributed by atoms with E-state index in [1.807, 2.05) is 18.2 Å². The van der Waals surface area contributed by atoms with Gasteiger partial charge in [0, 0.05) is 12.6 Å². The smallest absolute Gasteiger partial charge is 0.243 e. The molecule has 0 aliphatic rings. The Hall–Kier alpha value is -2.03. The molecular weight excluding hydrogens is 262 g/mol. The molecule has 1 rings (SSSR count). The van der Waals surface area contributed by atoms with Gasteiger partial charge in [-0.1, -0.05) is 50.1 Å². The van der Waals surface area contributed by atoms with Gasteiger partial charge < -0.3 is 10.4 Å². The van der Waals surface area contributed by atoms with Crippen LogP contribution < -0.4 is 5.32 Å². The summed E-state index contributed by atoms with van der Waals surface area (Å²) in [5, 5.41) is 12.0. The molecule has 2 N–H and O–H groups in total. The number of carbonyl (C=O) groups is 1. The number of allylic oxidation sites excluding steroid dienone is 3. The molecule has 0 radical (unpaired) electrons. The van der Waals surface area contributed by atoms with Crippen LogP contribution in [0, 0.1) is 0 Å². The van der Waals surface area contributed by atoms with Gasteiger partial charge in [-0.25, -0.2) is 0 Å². The fraction of sp³-hybridized carbons (Fsp3) is 0.389. The molecule has 114 valence electrons. The van der Waals surface area contributed by atoms with Crippen LogP contribution in [0.1, 0.15) is 38.2 Å². The predicted octanol–water partition coefficient (Wildman–Crippen LogP) is 3.74. The van der Waals surface area contributed by atoms with Crippen LogP contribution in [0.15, 0.2) is 48.6 Å². The van der Waals surface area contributed by atoms with Crippen LogP contribution >= 0.6 is 0 Å². The first kappa shape index (κ1) is 17.0. The molecule has 0 aliphatic heterocycles. The standard InChI is InChI=1S/C18H25NO2/c1-2-3-4-5-6-7-8-9-18(21)19-15-14-16-10-12-17(20)13-11-16/h6-13,20H,2-5,14-15H2,1H3,(H,19,21). The van der Waals surface area contributed by atoms with Crippen LogP contribution in [-0.2, 0) is 11.2 Å². The van der Waals surface area contributed by atoms with Gasteiger partial charge in [-0.2, -0.15) is 0 Å². The van der Waals surface area contributed by atoms with Crippen LogP contribution in [0.25, 0.3) is 0 Å². The van der Waals surface area contributed by atoms with E-state index in [0.717, 1.165) is 18.4 Å². The minimum absolute atomic E-state index is 0.0769. The Balaban J connectivity index is 2.14. The summed E-state index contributed by atoms with van der Waals surface area (Å²) in [4.78, 5) is 11.6. The van der Waals surface area contributed by atoms with Gasteiger partial charge in [-0.3, -0.25) is 4.79 Å². The number of nitrogens with one attached hydrogen (secondary N) is 1. The van der Waals surface area contributed by atoms with E-state index >= 15 is 0 Å². The Labute approximate surface area is 127 Å². The van der Waals surface area contributed by atoms with E-state index < -0.39 is 0 Å². The van der Waals surface area contributed by atoms with E-state index in [4.69, 9.17) is 0 Å². The summed E-state index contributed by atoms with van der Waals surface area (Å²) in [5.74, 6) is 0.184. The average Bonchev–Trinajstić information content (AvgIpc) is 2.48. The van der Waals surface area contributed by atoms with Crippen LogP contribution in [-0.4, -0.2) is 17.6 Å². The molecule has 0 saturated heterocycles. The molecule has 0 spiro atoms. The highest BCUT2D eigenvalue weighted by molar-refractivity contribution is 5.87. The SMILES string of the molecule is CCCCCC=CC=CC(=O)NCCc1ccc(O)cc1. The molecule has 0 heterocycles. The predicted molar refractivity (Wildman–Crippen MR) is 87.2 cm³/mol. The second-order valence-corrected chi connectivity index (χ2v) is 4.99. The van der Waals surface area contributed by atoms with Crippen LogP contribution in [0.3, 0.4) is 0 Å². The Bertz CT molecular complexity index is 461.